The highest BCUT2D eigenvalue weighted by Crippen LogP contribution is 2.41. The van der Waals surface area contributed by atoms with Crippen molar-refractivity contribution in [1.29, 1.82) is 0 Å². The summed E-state index contributed by atoms with van der Waals surface area (Å²) in [6.07, 6.45) is -2.91. The molecule has 1 aliphatic heterocycles. The van der Waals surface area contributed by atoms with E-state index in [0.717, 1.165) is 27.8 Å². The molecule has 5 atom stereocenters. The molecule has 50 heavy (non-hydrogen) atoms. The summed E-state index contributed by atoms with van der Waals surface area (Å²) in [7, 11) is 0. The van der Waals surface area contributed by atoms with Gasteiger partial charge in [-0.1, -0.05) is 152 Å². The van der Waals surface area contributed by atoms with Gasteiger partial charge in [-0.15, -0.1) is 0 Å². The molecular formula is C43H44O7. The number of ether oxygens (including phenoxy) is 5. The maximum atomic E-state index is 12.8. The van der Waals surface area contributed by atoms with Gasteiger partial charge in [0.25, 0.3) is 0 Å². The normalized spacial score (nSPS) is 21.8. The number of benzene rings is 5. The predicted octanol–water partition coefficient (Wildman–Crippen LogP) is 7.81. The number of carbonyl (C=O) groups is 1. The van der Waals surface area contributed by atoms with Crippen LogP contribution in [0.5, 0.6) is 0 Å². The first-order valence-corrected chi connectivity index (χ1v) is 17.1. The Morgan fingerprint density at radius 2 is 0.940 bits per heavy atom. The third kappa shape index (κ3) is 9.75. The van der Waals surface area contributed by atoms with E-state index in [1.165, 1.54) is 0 Å². The standard InChI is InChI=1S/C43H44O7/c44-39(45)27-43(26-33-16-6-1-7-17-33)42(49-31-37-24-14-5-15-25-37)41(48-30-36-22-12-4-13-23-36)40(47-29-35-20-10-3-11-21-35)38(50-43)32-46-28-34-18-8-2-9-19-34/h1-25,38,40-42H,26-32H2,(H,44,45)/t38-,40-,41+,42-,43-/m1/s1. The summed E-state index contributed by atoms with van der Waals surface area (Å²) in [6.45, 7) is 1.32. The van der Waals surface area contributed by atoms with Gasteiger partial charge in [0, 0.05) is 6.42 Å². The van der Waals surface area contributed by atoms with Crippen LogP contribution >= 0.6 is 0 Å². The zero-order valence-electron chi connectivity index (χ0n) is 28.1. The minimum atomic E-state index is -1.32. The fraction of sp³-hybridized carbons (Fsp3) is 0.279. The van der Waals surface area contributed by atoms with Crippen LogP contribution in [-0.4, -0.2) is 47.7 Å². The Kier molecular flexibility index (Phi) is 12.6. The highest BCUT2D eigenvalue weighted by atomic mass is 16.6. The molecule has 6 rings (SSSR count). The SMILES string of the molecule is O=C(O)C[C@@]1(Cc2ccccc2)O[C@H](COCc2ccccc2)[C@@H](OCc2ccccc2)[C@H](OCc2ccccc2)[C@H]1OCc1ccccc1. The Morgan fingerprint density at radius 3 is 1.40 bits per heavy atom. The largest absolute Gasteiger partial charge is 0.481 e. The minimum Gasteiger partial charge on any atom is -0.481 e. The highest BCUT2D eigenvalue weighted by molar-refractivity contribution is 5.68. The molecule has 0 amide bonds. The van der Waals surface area contributed by atoms with E-state index in [4.69, 9.17) is 23.7 Å². The first-order valence-electron chi connectivity index (χ1n) is 17.1. The summed E-state index contributed by atoms with van der Waals surface area (Å²) in [5.74, 6) is -0.997. The van der Waals surface area contributed by atoms with E-state index in [2.05, 4.69) is 0 Å². The van der Waals surface area contributed by atoms with E-state index in [0.29, 0.717) is 13.2 Å². The van der Waals surface area contributed by atoms with Crippen molar-refractivity contribution >= 4 is 5.97 Å². The quantitative estimate of drug-likeness (QED) is 0.108. The monoisotopic (exact) mass is 672 g/mol. The Bertz CT molecular complexity index is 1700. The fourth-order valence-electron chi connectivity index (χ4n) is 6.58. The average Bonchev–Trinajstić information content (AvgIpc) is 3.15. The molecular weight excluding hydrogens is 628 g/mol. The number of carboxylic acid groups (broad SMARTS) is 1. The number of hydrogen-bond donors (Lipinski definition) is 1. The van der Waals surface area contributed by atoms with Crippen LogP contribution in [-0.2, 0) is 61.3 Å². The van der Waals surface area contributed by atoms with Gasteiger partial charge in [0.1, 0.15) is 30.0 Å². The number of carboxylic acids is 1. The van der Waals surface area contributed by atoms with Gasteiger partial charge < -0.3 is 28.8 Å². The van der Waals surface area contributed by atoms with Gasteiger partial charge in [-0.2, -0.15) is 0 Å². The summed E-state index contributed by atoms with van der Waals surface area (Å²) in [6, 6.07) is 49.5. The van der Waals surface area contributed by atoms with Crippen molar-refractivity contribution in [3.05, 3.63) is 179 Å². The lowest BCUT2D eigenvalue weighted by molar-refractivity contribution is -0.309. The zero-order valence-corrected chi connectivity index (χ0v) is 28.1. The van der Waals surface area contributed by atoms with E-state index in [1.54, 1.807) is 0 Å². The maximum Gasteiger partial charge on any atom is 0.306 e. The molecule has 7 nitrogen and oxygen atoms in total. The molecule has 0 saturated carbocycles. The highest BCUT2D eigenvalue weighted by Gasteiger charge is 2.57. The van der Waals surface area contributed by atoms with Crippen molar-refractivity contribution in [3.8, 4) is 0 Å². The Labute approximate surface area is 294 Å². The minimum absolute atomic E-state index is 0.154. The lowest BCUT2D eigenvalue weighted by atomic mass is 9.78. The van der Waals surface area contributed by atoms with Crippen LogP contribution in [0.15, 0.2) is 152 Å². The first-order chi connectivity index (χ1) is 24.6. The van der Waals surface area contributed by atoms with Crippen LogP contribution in [0.2, 0.25) is 0 Å². The van der Waals surface area contributed by atoms with Gasteiger partial charge >= 0.3 is 5.97 Å². The van der Waals surface area contributed by atoms with E-state index in [1.807, 2.05) is 152 Å². The molecule has 0 unspecified atom stereocenters. The summed E-state index contributed by atoms with van der Waals surface area (Å²) in [4.78, 5) is 12.8. The van der Waals surface area contributed by atoms with Crippen LogP contribution < -0.4 is 0 Å². The Balaban J connectivity index is 1.41. The molecule has 0 bridgehead atoms. The molecule has 1 N–H and O–H groups in total. The first kappa shape index (κ1) is 35.2. The third-order valence-electron chi connectivity index (χ3n) is 8.93. The van der Waals surface area contributed by atoms with Gasteiger partial charge in [0.2, 0.25) is 0 Å². The molecule has 5 aromatic carbocycles. The van der Waals surface area contributed by atoms with Crippen LogP contribution in [0.4, 0.5) is 0 Å². The second-order valence-electron chi connectivity index (χ2n) is 12.7. The van der Waals surface area contributed by atoms with Crippen molar-refractivity contribution in [1.82, 2.24) is 0 Å². The van der Waals surface area contributed by atoms with Crippen molar-refractivity contribution in [2.24, 2.45) is 0 Å². The van der Waals surface area contributed by atoms with Gasteiger partial charge in [0.15, 0.2) is 0 Å². The van der Waals surface area contributed by atoms with E-state index >= 15 is 0 Å². The molecule has 7 heteroatoms. The van der Waals surface area contributed by atoms with Crippen LogP contribution in [0, 0.1) is 0 Å². The Morgan fingerprint density at radius 1 is 0.540 bits per heavy atom. The van der Waals surface area contributed by atoms with Crippen LogP contribution in [0.25, 0.3) is 0 Å². The van der Waals surface area contributed by atoms with Gasteiger partial charge in [-0.25, -0.2) is 0 Å². The predicted molar refractivity (Wildman–Crippen MR) is 191 cm³/mol. The third-order valence-corrected chi connectivity index (χ3v) is 8.93. The lowest BCUT2D eigenvalue weighted by Gasteiger charge is -2.52. The number of hydrogen-bond acceptors (Lipinski definition) is 6. The van der Waals surface area contributed by atoms with Crippen molar-refractivity contribution in [3.63, 3.8) is 0 Å². The van der Waals surface area contributed by atoms with Gasteiger partial charge in [-0.05, 0) is 27.8 Å². The Hall–Kier alpha value is -4.63. The number of rotatable bonds is 17. The van der Waals surface area contributed by atoms with E-state index < -0.39 is 36.0 Å². The van der Waals surface area contributed by atoms with Crippen LogP contribution in [0.3, 0.4) is 0 Å². The molecule has 1 aliphatic rings. The summed E-state index contributed by atoms with van der Waals surface area (Å²) >= 11 is 0. The average molecular weight is 673 g/mol. The smallest absolute Gasteiger partial charge is 0.306 e. The topological polar surface area (TPSA) is 83.5 Å². The van der Waals surface area contributed by atoms with Gasteiger partial charge in [0.05, 0.1) is 39.5 Å². The summed E-state index contributed by atoms with van der Waals surface area (Å²) < 4.78 is 33.8. The molecule has 5 aromatic rings. The molecule has 0 aromatic heterocycles. The zero-order chi connectivity index (χ0) is 34.4. The number of aliphatic carboxylic acids is 1. The van der Waals surface area contributed by atoms with Gasteiger partial charge in [-0.3, -0.25) is 4.79 Å². The lowest BCUT2D eigenvalue weighted by Crippen LogP contribution is -2.68. The van der Waals surface area contributed by atoms with Crippen molar-refractivity contribution in [2.75, 3.05) is 6.61 Å². The molecule has 1 heterocycles. The maximum absolute atomic E-state index is 12.8. The van der Waals surface area contributed by atoms with E-state index in [9.17, 15) is 9.90 Å². The second-order valence-corrected chi connectivity index (χ2v) is 12.7. The summed E-state index contributed by atoms with van der Waals surface area (Å²) in [5.41, 5.74) is 3.55. The molecule has 1 fully saturated rings. The van der Waals surface area contributed by atoms with Crippen LogP contribution in [0.1, 0.15) is 34.2 Å². The molecule has 0 aliphatic carbocycles. The molecule has 258 valence electrons. The fourth-order valence-corrected chi connectivity index (χ4v) is 6.58. The van der Waals surface area contributed by atoms with Crippen molar-refractivity contribution in [2.45, 2.75) is 69.3 Å². The molecule has 0 spiro atoms. The molecule has 0 radical (unpaired) electrons. The van der Waals surface area contributed by atoms with E-state index in [-0.39, 0.29) is 32.7 Å². The van der Waals surface area contributed by atoms with Crippen molar-refractivity contribution < 1.29 is 33.6 Å². The summed E-state index contributed by atoms with van der Waals surface area (Å²) in [5, 5.41) is 10.5. The second kappa shape index (κ2) is 17.9. The molecule has 1 saturated heterocycles.